The molecule has 1 aliphatic rings. The molecule has 3 aromatic rings. The summed E-state index contributed by atoms with van der Waals surface area (Å²) in [6, 6.07) is 13.8. The maximum atomic E-state index is 14.2. The average Bonchev–Trinajstić information content (AvgIpc) is 3.09. The zero-order chi connectivity index (χ0) is 25.8. The molecule has 0 aliphatic carbocycles. The Morgan fingerprint density at radius 3 is 2.53 bits per heavy atom. The maximum absolute atomic E-state index is 14.2. The smallest absolute Gasteiger partial charge is 0.293 e. The SMILES string of the molecule is CCOc1cc(/C=C2\SC(=O)N(Cc3ccccc3F)C2=O)cc(I)c1OCc1c(F)cccc1Cl. The van der Waals surface area contributed by atoms with E-state index in [0.29, 0.717) is 27.2 Å². The molecule has 0 N–H and O–H groups in total. The second kappa shape index (κ2) is 11.6. The molecule has 186 valence electrons. The Hall–Kier alpha value is -2.63. The summed E-state index contributed by atoms with van der Waals surface area (Å²) in [6.45, 7) is 1.90. The molecule has 1 aliphatic heterocycles. The average molecular weight is 642 g/mol. The van der Waals surface area contributed by atoms with E-state index in [9.17, 15) is 18.4 Å². The maximum Gasteiger partial charge on any atom is 0.293 e. The van der Waals surface area contributed by atoms with Gasteiger partial charge in [-0.25, -0.2) is 8.78 Å². The van der Waals surface area contributed by atoms with E-state index < -0.39 is 22.8 Å². The second-order valence-corrected chi connectivity index (χ2v) is 10.2. The van der Waals surface area contributed by atoms with Gasteiger partial charge >= 0.3 is 0 Å². The molecule has 2 amide bonds. The van der Waals surface area contributed by atoms with Gasteiger partial charge in [-0.1, -0.05) is 35.9 Å². The van der Waals surface area contributed by atoms with Gasteiger partial charge in [-0.15, -0.1) is 0 Å². The summed E-state index contributed by atoms with van der Waals surface area (Å²) in [6.07, 6.45) is 1.58. The summed E-state index contributed by atoms with van der Waals surface area (Å²) in [5, 5.41) is -0.221. The third kappa shape index (κ3) is 5.84. The molecule has 0 radical (unpaired) electrons. The molecular formula is C26H19ClF2INO4S. The van der Waals surface area contributed by atoms with Crippen LogP contribution in [0.4, 0.5) is 13.6 Å². The van der Waals surface area contributed by atoms with E-state index >= 15 is 0 Å². The van der Waals surface area contributed by atoms with Crippen LogP contribution in [0, 0.1) is 15.2 Å². The number of benzene rings is 3. The summed E-state index contributed by atoms with van der Waals surface area (Å²) in [5.74, 6) is -0.659. The number of hydrogen-bond acceptors (Lipinski definition) is 5. The lowest BCUT2D eigenvalue weighted by atomic mass is 10.1. The number of nitrogens with zero attached hydrogens (tertiary/aromatic N) is 1. The molecule has 36 heavy (non-hydrogen) atoms. The molecule has 0 spiro atoms. The van der Waals surface area contributed by atoms with Gasteiger partial charge in [0.25, 0.3) is 11.1 Å². The lowest BCUT2D eigenvalue weighted by molar-refractivity contribution is -0.123. The first-order valence-electron chi connectivity index (χ1n) is 10.8. The van der Waals surface area contributed by atoms with Gasteiger partial charge in [-0.05, 0) is 83.2 Å². The van der Waals surface area contributed by atoms with E-state index in [0.717, 1.165) is 16.7 Å². The highest BCUT2D eigenvalue weighted by atomic mass is 127. The lowest BCUT2D eigenvalue weighted by Gasteiger charge is -2.16. The highest BCUT2D eigenvalue weighted by Gasteiger charge is 2.35. The van der Waals surface area contributed by atoms with Gasteiger partial charge in [0.15, 0.2) is 11.5 Å². The number of hydrogen-bond donors (Lipinski definition) is 0. The van der Waals surface area contributed by atoms with Crippen LogP contribution in [0.3, 0.4) is 0 Å². The number of carbonyl (C=O) groups excluding carboxylic acids is 2. The molecular weight excluding hydrogens is 623 g/mol. The number of amides is 2. The number of ether oxygens (including phenoxy) is 2. The summed E-state index contributed by atoms with van der Waals surface area (Å²) in [7, 11) is 0. The number of halogens is 4. The van der Waals surface area contributed by atoms with Crippen molar-refractivity contribution in [3.63, 3.8) is 0 Å². The van der Waals surface area contributed by atoms with Crippen LogP contribution in [0.1, 0.15) is 23.6 Å². The van der Waals surface area contributed by atoms with E-state index in [1.165, 1.54) is 24.3 Å². The van der Waals surface area contributed by atoms with Crippen molar-refractivity contribution >= 4 is 63.2 Å². The Labute approximate surface area is 229 Å². The van der Waals surface area contributed by atoms with Gasteiger partial charge < -0.3 is 9.47 Å². The van der Waals surface area contributed by atoms with Crippen LogP contribution in [0.15, 0.2) is 59.5 Å². The molecule has 0 atom stereocenters. The van der Waals surface area contributed by atoms with E-state index in [1.54, 1.807) is 36.4 Å². The Morgan fingerprint density at radius 2 is 1.81 bits per heavy atom. The Bertz CT molecular complexity index is 1350. The number of thioether (sulfide) groups is 1. The van der Waals surface area contributed by atoms with Crippen LogP contribution in [-0.2, 0) is 17.9 Å². The zero-order valence-electron chi connectivity index (χ0n) is 18.9. The van der Waals surface area contributed by atoms with Crippen molar-refractivity contribution < 1.29 is 27.8 Å². The molecule has 5 nitrogen and oxygen atoms in total. The van der Waals surface area contributed by atoms with E-state index in [4.69, 9.17) is 21.1 Å². The van der Waals surface area contributed by atoms with Gasteiger partial charge in [0.2, 0.25) is 0 Å². The predicted octanol–water partition coefficient (Wildman–Crippen LogP) is 7.44. The highest BCUT2D eigenvalue weighted by molar-refractivity contribution is 14.1. The predicted molar refractivity (Wildman–Crippen MR) is 144 cm³/mol. The van der Waals surface area contributed by atoms with Crippen LogP contribution < -0.4 is 9.47 Å². The van der Waals surface area contributed by atoms with E-state index in [2.05, 4.69) is 22.6 Å². The Kier molecular flexibility index (Phi) is 8.53. The van der Waals surface area contributed by atoms with E-state index in [1.807, 2.05) is 6.92 Å². The van der Waals surface area contributed by atoms with Crippen molar-refractivity contribution in [1.82, 2.24) is 4.90 Å². The normalized spacial score (nSPS) is 14.6. The van der Waals surface area contributed by atoms with Gasteiger partial charge in [-0.3, -0.25) is 14.5 Å². The fraction of sp³-hybridized carbons (Fsp3) is 0.154. The summed E-state index contributed by atoms with van der Waals surface area (Å²) < 4.78 is 40.5. The number of imide groups is 1. The summed E-state index contributed by atoms with van der Waals surface area (Å²) in [4.78, 5) is 26.6. The monoisotopic (exact) mass is 641 g/mol. The van der Waals surface area contributed by atoms with Crippen LogP contribution in [0.25, 0.3) is 6.08 Å². The molecule has 3 aromatic carbocycles. The molecule has 4 rings (SSSR count). The highest BCUT2D eigenvalue weighted by Crippen LogP contribution is 2.38. The van der Waals surface area contributed by atoms with Crippen LogP contribution in [0.2, 0.25) is 5.02 Å². The number of rotatable bonds is 8. The first-order valence-corrected chi connectivity index (χ1v) is 13.1. The van der Waals surface area contributed by atoms with Crippen LogP contribution in [0.5, 0.6) is 11.5 Å². The van der Waals surface area contributed by atoms with Crippen molar-refractivity contribution in [2.24, 2.45) is 0 Å². The van der Waals surface area contributed by atoms with E-state index in [-0.39, 0.29) is 34.2 Å². The third-order valence-corrected chi connectivity index (χ3v) is 7.27. The molecule has 1 saturated heterocycles. The minimum absolute atomic E-state index is 0.101. The van der Waals surface area contributed by atoms with Gasteiger partial charge in [0.1, 0.15) is 18.2 Å². The minimum Gasteiger partial charge on any atom is -0.490 e. The lowest BCUT2D eigenvalue weighted by Crippen LogP contribution is -2.27. The molecule has 10 heteroatoms. The van der Waals surface area contributed by atoms with Gasteiger partial charge in [0, 0.05) is 11.1 Å². The fourth-order valence-corrected chi connectivity index (χ4v) is 5.31. The van der Waals surface area contributed by atoms with Crippen molar-refractivity contribution in [3.8, 4) is 11.5 Å². The zero-order valence-corrected chi connectivity index (χ0v) is 22.6. The Morgan fingerprint density at radius 1 is 1.06 bits per heavy atom. The first-order chi connectivity index (χ1) is 17.3. The fourth-order valence-electron chi connectivity index (χ4n) is 3.47. The molecule has 1 heterocycles. The largest absolute Gasteiger partial charge is 0.490 e. The Balaban J connectivity index is 1.58. The van der Waals surface area contributed by atoms with Crippen molar-refractivity contribution in [2.45, 2.75) is 20.1 Å². The van der Waals surface area contributed by atoms with Crippen molar-refractivity contribution in [1.29, 1.82) is 0 Å². The van der Waals surface area contributed by atoms with Crippen LogP contribution >= 0.6 is 46.0 Å². The second-order valence-electron chi connectivity index (χ2n) is 7.61. The quantitative estimate of drug-likeness (QED) is 0.189. The molecule has 1 fully saturated rings. The van der Waals surface area contributed by atoms with Crippen LogP contribution in [-0.4, -0.2) is 22.7 Å². The van der Waals surface area contributed by atoms with Gasteiger partial charge in [-0.2, -0.15) is 0 Å². The van der Waals surface area contributed by atoms with Crippen molar-refractivity contribution in [3.05, 3.63) is 96.4 Å². The number of carbonyl (C=O) groups is 2. The molecule has 0 unspecified atom stereocenters. The summed E-state index contributed by atoms with van der Waals surface area (Å²) >= 11 is 8.95. The third-order valence-electron chi connectivity index (χ3n) is 5.21. The summed E-state index contributed by atoms with van der Waals surface area (Å²) in [5.41, 5.74) is 1.09. The van der Waals surface area contributed by atoms with Gasteiger partial charge in [0.05, 0.1) is 26.6 Å². The molecule has 0 bridgehead atoms. The topological polar surface area (TPSA) is 55.8 Å². The molecule has 0 aromatic heterocycles. The minimum atomic E-state index is -0.504. The first kappa shape index (κ1) is 26.4. The molecule has 0 saturated carbocycles. The van der Waals surface area contributed by atoms with Crippen molar-refractivity contribution in [2.75, 3.05) is 6.61 Å². The standard InChI is InChI=1S/C26H19ClF2INO4S/c1-2-34-22-11-15(10-21(30)24(22)35-14-17-18(27)7-5-9-20(17)29)12-23-25(32)31(26(33)36-23)13-16-6-3-4-8-19(16)28/h3-12H,2,13-14H2,1H3/b23-12-.